The summed E-state index contributed by atoms with van der Waals surface area (Å²) in [5.41, 5.74) is 0. The van der Waals surface area contributed by atoms with Crippen LogP contribution in [0, 0.1) is 5.92 Å². The van der Waals surface area contributed by atoms with Gasteiger partial charge in [0, 0.05) is 26.2 Å². The van der Waals surface area contributed by atoms with Crippen LogP contribution in [-0.4, -0.2) is 56.0 Å². The highest BCUT2D eigenvalue weighted by atomic mass is 32.2. The van der Waals surface area contributed by atoms with E-state index in [1.165, 1.54) is 4.31 Å². The lowest BCUT2D eigenvalue weighted by atomic mass is 10.1. The number of carboxylic acids is 1. The van der Waals surface area contributed by atoms with E-state index in [9.17, 15) is 13.2 Å². The highest BCUT2D eigenvalue weighted by Gasteiger charge is 2.30. The van der Waals surface area contributed by atoms with Crippen molar-refractivity contribution in [2.45, 2.75) is 26.3 Å². The first-order valence-electron chi connectivity index (χ1n) is 6.04. The maximum atomic E-state index is 12.0. The molecule has 1 rings (SSSR count). The number of carboxylic acid groups (broad SMARTS) is 1. The largest absolute Gasteiger partial charge is 0.480 e. The van der Waals surface area contributed by atoms with Gasteiger partial charge in [-0.05, 0) is 12.3 Å². The molecule has 1 saturated heterocycles. The lowest BCUT2D eigenvalue weighted by molar-refractivity contribution is -0.139. The third kappa shape index (κ3) is 4.52. The molecule has 1 aliphatic heterocycles. The molecule has 0 spiro atoms. The van der Waals surface area contributed by atoms with Gasteiger partial charge in [0.05, 0.1) is 0 Å². The molecule has 0 aromatic heterocycles. The van der Waals surface area contributed by atoms with Crippen LogP contribution in [-0.2, 0) is 15.0 Å². The summed E-state index contributed by atoms with van der Waals surface area (Å²) >= 11 is 0. The quantitative estimate of drug-likeness (QED) is 0.593. The van der Waals surface area contributed by atoms with E-state index in [0.717, 1.165) is 0 Å². The minimum atomic E-state index is -3.71. The van der Waals surface area contributed by atoms with E-state index in [-0.39, 0.29) is 12.3 Å². The van der Waals surface area contributed by atoms with Gasteiger partial charge in [0.15, 0.2) is 0 Å². The molecule has 3 N–H and O–H groups in total. The maximum absolute atomic E-state index is 12.0. The molecule has 0 aliphatic carbocycles. The van der Waals surface area contributed by atoms with E-state index >= 15 is 0 Å². The van der Waals surface area contributed by atoms with Crippen LogP contribution < -0.4 is 10.0 Å². The van der Waals surface area contributed by atoms with Crippen molar-refractivity contribution in [3.8, 4) is 0 Å². The molecule has 0 saturated carbocycles. The van der Waals surface area contributed by atoms with Gasteiger partial charge in [0.1, 0.15) is 6.04 Å². The zero-order valence-electron chi connectivity index (χ0n) is 10.7. The van der Waals surface area contributed by atoms with Gasteiger partial charge in [0.2, 0.25) is 0 Å². The van der Waals surface area contributed by atoms with Gasteiger partial charge in [-0.2, -0.15) is 17.4 Å². The van der Waals surface area contributed by atoms with Crippen LogP contribution in [0.1, 0.15) is 20.3 Å². The number of hydrogen-bond donors (Lipinski definition) is 3. The van der Waals surface area contributed by atoms with Crippen LogP contribution in [0.4, 0.5) is 0 Å². The Morgan fingerprint density at radius 2 is 1.94 bits per heavy atom. The van der Waals surface area contributed by atoms with Gasteiger partial charge in [-0.3, -0.25) is 4.79 Å². The molecule has 0 radical (unpaired) electrons. The van der Waals surface area contributed by atoms with Gasteiger partial charge in [-0.15, -0.1) is 0 Å². The number of hydrogen-bond acceptors (Lipinski definition) is 4. The van der Waals surface area contributed by atoms with Crippen molar-refractivity contribution in [3.05, 3.63) is 0 Å². The number of rotatable bonds is 6. The van der Waals surface area contributed by atoms with E-state index < -0.39 is 22.2 Å². The lowest BCUT2D eigenvalue weighted by Crippen LogP contribution is -2.54. The molecule has 0 amide bonds. The van der Waals surface area contributed by atoms with Gasteiger partial charge in [0.25, 0.3) is 10.2 Å². The van der Waals surface area contributed by atoms with E-state index in [1.54, 1.807) is 0 Å². The summed E-state index contributed by atoms with van der Waals surface area (Å²) in [6.07, 6.45) is 0.278. The smallest absolute Gasteiger partial charge is 0.321 e. The molecular weight excluding hydrogens is 258 g/mol. The summed E-state index contributed by atoms with van der Waals surface area (Å²) in [5.74, 6) is -1.03. The minimum absolute atomic E-state index is 0.108. The molecule has 18 heavy (non-hydrogen) atoms. The Bertz CT molecular complexity index is 377. The van der Waals surface area contributed by atoms with Crippen molar-refractivity contribution in [2.24, 2.45) is 5.92 Å². The second-order valence-electron chi connectivity index (χ2n) is 4.79. The predicted octanol–water partition coefficient (Wildman–Crippen LogP) is -0.775. The molecule has 8 heteroatoms. The highest BCUT2D eigenvalue weighted by Crippen LogP contribution is 2.08. The molecular formula is C10H21N3O4S. The number of piperazine rings is 1. The molecule has 1 heterocycles. The summed E-state index contributed by atoms with van der Waals surface area (Å²) in [6.45, 7) is 5.61. The van der Waals surface area contributed by atoms with Crippen molar-refractivity contribution in [2.75, 3.05) is 26.2 Å². The first kappa shape index (κ1) is 15.4. The van der Waals surface area contributed by atoms with Crippen LogP contribution in [0.3, 0.4) is 0 Å². The monoisotopic (exact) mass is 279 g/mol. The zero-order valence-corrected chi connectivity index (χ0v) is 11.5. The molecule has 7 nitrogen and oxygen atoms in total. The van der Waals surface area contributed by atoms with Crippen LogP contribution in [0.15, 0.2) is 0 Å². The number of carbonyl (C=O) groups is 1. The zero-order chi connectivity index (χ0) is 13.8. The van der Waals surface area contributed by atoms with Crippen LogP contribution in [0.2, 0.25) is 0 Å². The second kappa shape index (κ2) is 6.46. The molecule has 1 atom stereocenters. The number of nitrogens with one attached hydrogen (secondary N) is 2. The second-order valence-corrected chi connectivity index (χ2v) is 6.49. The Hall–Kier alpha value is -0.700. The van der Waals surface area contributed by atoms with Crippen LogP contribution in [0.5, 0.6) is 0 Å². The maximum Gasteiger partial charge on any atom is 0.321 e. The Morgan fingerprint density at radius 3 is 2.39 bits per heavy atom. The Balaban J connectivity index is 2.68. The summed E-state index contributed by atoms with van der Waals surface area (Å²) in [6, 6.07) is -1.06. The lowest BCUT2D eigenvalue weighted by Gasteiger charge is -2.28. The van der Waals surface area contributed by atoms with Crippen molar-refractivity contribution in [1.29, 1.82) is 0 Å². The fourth-order valence-electron chi connectivity index (χ4n) is 1.81. The molecule has 0 bridgehead atoms. The summed E-state index contributed by atoms with van der Waals surface area (Å²) in [5, 5.41) is 12.1. The average Bonchev–Trinajstić information content (AvgIpc) is 2.28. The Morgan fingerprint density at radius 1 is 1.39 bits per heavy atom. The third-order valence-corrected chi connectivity index (χ3v) is 4.34. The van der Waals surface area contributed by atoms with E-state index in [1.807, 2.05) is 13.8 Å². The van der Waals surface area contributed by atoms with E-state index in [4.69, 9.17) is 5.11 Å². The van der Waals surface area contributed by atoms with Gasteiger partial charge in [-0.1, -0.05) is 13.8 Å². The number of nitrogens with zero attached hydrogens (tertiary/aromatic N) is 1. The molecule has 1 aliphatic rings. The highest BCUT2D eigenvalue weighted by molar-refractivity contribution is 7.87. The van der Waals surface area contributed by atoms with Crippen molar-refractivity contribution in [1.82, 2.24) is 14.3 Å². The van der Waals surface area contributed by atoms with E-state index in [2.05, 4.69) is 10.0 Å². The molecule has 1 unspecified atom stereocenters. The predicted molar refractivity (Wildman–Crippen MR) is 67.4 cm³/mol. The van der Waals surface area contributed by atoms with Crippen molar-refractivity contribution in [3.63, 3.8) is 0 Å². The molecule has 106 valence electrons. The summed E-state index contributed by atoms with van der Waals surface area (Å²) < 4.78 is 27.6. The standard InChI is InChI=1S/C10H21N3O4S/c1-8(2)7-9(10(14)15)12-18(16,17)13-5-3-11-4-6-13/h8-9,11-12H,3-7H2,1-2H3,(H,14,15). The fourth-order valence-corrected chi connectivity index (χ4v) is 3.18. The third-order valence-electron chi connectivity index (χ3n) is 2.71. The molecule has 0 aromatic rings. The van der Waals surface area contributed by atoms with Crippen LogP contribution >= 0.6 is 0 Å². The van der Waals surface area contributed by atoms with Crippen LogP contribution in [0.25, 0.3) is 0 Å². The number of aliphatic carboxylic acids is 1. The first-order valence-corrected chi connectivity index (χ1v) is 7.48. The summed E-state index contributed by atoms with van der Waals surface area (Å²) in [4.78, 5) is 11.0. The topological polar surface area (TPSA) is 98.7 Å². The van der Waals surface area contributed by atoms with Gasteiger partial charge < -0.3 is 10.4 Å². The Labute approximate surface area is 108 Å². The minimum Gasteiger partial charge on any atom is -0.480 e. The Kier molecular flexibility index (Phi) is 5.51. The average molecular weight is 279 g/mol. The van der Waals surface area contributed by atoms with Crippen molar-refractivity contribution < 1.29 is 18.3 Å². The van der Waals surface area contributed by atoms with E-state index in [0.29, 0.717) is 26.2 Å². The summed E-state index contributed by atoms with van der Waals surface area (Å²) in [7, 11) is -3.71. The van der Waals surface area contributed by atoms with Gasteiger partial charge >= 0.3 is 5.97 Å². The fraction of sp³-hybridized carbons (Fsp3) is 0.900. The molecule has 1 fully saturated rings. The molecule has 0 aromatic carbocycles. The SMILES string of the molecule is CC(C)CC(NS(=O)(=O)N1CCNCC1)C(=O)O. The van der Waals surface area contributed by atoms with Gasteiger partial charge in [-0.25, -0.2) is 0 Å². The van der Waals surface area contributed by atoms with Crippen molar-refractivity contribution >= 4 is 16.2 Å². The normalized spacial score (nSPS) is 19.9. The first-order chi connectivity index (χ1) is 8.33.